The molecule has 0 aliphatic carbocycles. The van der Waals surface area contributed by atoms with Crippen LogP contribution >= 0.6 is 0 Å². The van der Waals surface area contributed by atoms with Gasteiger partial charge in [0, 0.05) is 17.8 Å². The molecule has 6 heteroatoms. The van der Waals surface area contributed by atoms with Crippen LogP contribution in [0.3, 0.4) is 0 Å². The maximum Gasteiger partial charge on any atom is 0.305 e. The molecule has 0 saturated heterocycles. The number of nitriles is 1. The lowest BCUT2D eigenvalue weighted by atomic mass is 10.1. The molecule has 0 fully saturated rings. The second-order valence-electron chi connectivity index (χ2n) is 4.96. The fourth-order valence-corrected chi connectivity index (χ4v) is 2.72. The van der Waals surface area contributed by atoms with E-state index in [4.69, 9.17) is 5.26 Å². The van der Waals surface area contributed by atoms with Crippen LogP contribution in [0.5, 0.6) is 0 Å². The van der Waals surface area contributed by atoms with E-state index in [1.165, 1.54) is 11.6 Å². The molecule has 104 valence electrons. The minimum absolute atomic E-state index is 0.158. The van der Waals surface area contributed by atoms with Gasteiger partial charge in [0.05, 0.1) is 4.92 Å². The number of hydrogen-bond acceptors (Lipinski definition) is 5. The quantitative estimate of drug-likeness (QED) is 0.623. The molecule has 3 rings (SSSR count). The summed E-state index contributed by atoms with van der Waals surface area (Å²) >= 11 is 0. The largest absolute Gasteiger partial charge is 0.323 e. The number of para-hydroxylation sites is 1. The Morgan fingerprint density at radius 1 is 1.38 bits per heavy atom. The number of pyridine rings is 1. The van der Waals surface area contributed by atoms with Gasteiger partial charge in [-0.15, -0.1) is 0 Å². The fraction of sp³-hybridized carbons (Fsp3) is 0.200. The Morgan fingerprint density at radius 2 is 2.14 bits per heavy atom. The maximum atomic E-state index is 10.9. The van der Waals surface area contributed by atoms with E-state index in [0.717, 1.165) is 12.1 Å². The maximum absolute atomic E-state index is 10.9. The van der Waals surface area contributed by atoms with Gasteiger partial charge in [-0.1, -0.05) is 18.2 Å². The normalized spacial score (nSPS) is 16.4. The van der Waals surface area contributed by atoms with Crippen LogP contribution in [0, 0.1) is 21.4 Å². The summed E-state index contributed by atoms with van der Waals surface area (Å²) in [6.45, 7) is 2.06. The van der Waals surface area contributed by atoms with Crippen LogP contribution in [0.4, 0.5) is 17.2 Å². The van der Waals surface area contributed by atoms with E-state index in [9.17, 15) is 10.1 Å². The van der Waals surface area contributed by atoms with Gasteiger partial charge in [-0.25, -0.2) is 4.98 Å². The van der Waals surface area contributed by atoms with Crippen molar-refractivity contribution in [2.75, 3.05) is 4.90 Å². The average Bonchev–Trinajstić information content (AvgIpc) is 2.82. The summed E-state index contributed by atoms with van der Waals surface area (Å²) in [5.41, 5.74) is 1.83. The molecule has 6 nitrogen and oxygen atoms in total. The number of nitrogens with zero attached hydrogens (tertiary/aromatic N) is 4. The first-order valence-electron chi connectivity index (χ1n) is 6.54. The van der Waals surface area contributed by atoms with E-state index in [1.807, 2.05) is 23.1 Å². The van der Waals surface area contributed by atoms with Crippen LogP contribution in [-0.4, -0.2) is 15.9 Å². The number of aromatic nitrogens is 1. The lowest BCUT2D eigenvalue weighted by Gasteiger charge is -2.23. The molecule has 0 spiro atoms. The van der Waals surface area contributed by atoms with Crippen LogP contribution in [0.2, 0.25) is 0 Å². The van der Waals surface area contributed by atoms with E-state index in [-0.39, 0.29) is 17.4 Å². The Kier molecular flexibility index (Phi) is 3.03. The van der Waals surface area contributed by atoms with Gasteiger partial charge in [-0.3, -0.25) is 10.1 Å². The van der Waals surface area contributed by atoms with Crippen molar-refractivity contribution in [3.63, 3.8) is 0 Å². The lowest BCUT2D eigenvalue weighted by molar-refractivity contribution is -0.385. The number of anilines is 2. The molecule has 2 heterocycles. The molecule has 1 unspecified atom stereocenters. The van der Waals surface area contributed by atoms with Crippen molar-refractivity contribution in [1.82, 2.24) is 4.98 Å². The van der Waals surface area contributed by atoms with Gasteiger partial charge in [0.15, 0.2) is 0 Å². The second-order valence-corrected chi connectivity index (χ2v) is 4.96. The van der Waals surface area contributed by atoms with Gasteiger partial charge in [-0.2, -0.15) is 5.26 Å². The van der Waals surface area contributed by atoms with E-state index < -0.39 is 4.92 Å². The summed E-state index contributed by atoms with van der Waals surface area (Å²) in [6.07, 6.45) is 0.886. The van der Waals surface area contributed by atoms with Crippen molar-refractivity contribution >= 4 is 17.2 Å². The van der Waals surface area contributed by atoms with Gasteiger partial charge in [0.25, 0.3) is 0 Å². The van der Waals surface area contributed by atoms with Crippen molar-refractivity contribution < 1.29 is 4.92 Å². The Hall–Kier alpha value is -2.94. The van der Waals surface area contributed by atoms with Crippen molar-refractivity contribution in [3.05, 3.63) is 57.8 Å². The summed E-state index contributed by atoms with van der Waals surface area (Å²) in [5, 5.41) is 19.9. The first kappa shape index (κ1) is 13.1. The highest BCUT2D eigenvalue weighted by Gasteiger charge is 2.29. The molecular formula is C15H12N4O2. The third-order valence-corrected chi connectivity index (χ3v) is 3.62. The highest BCUT2D eigenvalue weighted by Crippen LogP contribution is 2.37. The predicted molar refractivity (Wildman–Crippen MR) is 77.4 cm³/mol. The van der Waals surface area contributed by atoms with Crippen molar-refractivity contribution in [2.24, 2.45) is 0 Å². The Balaban J connectivity index is 2.10. The molecular weight excluding hydrogens is 268 g/mol. The molecule has 0 N–H and O–H groups in total. The van der Waals surface area contributed by atoms with Gasteiger partial charge >= 0.3 is 5.69 Å². The Morgan fingerprint density at radius 3 is 2.86 bits per heavy atom. The number of hydrogen-bond donors (Lipinski definition) is 0. The van der Waals surface area contributed by atoms with E-state index in [1.54, 1.807) is 12.1 Å². The molecule has 1 aromatic heterocycles. The average molecular weight is 280 g/mol. The third kappa shape index (κ3) is 2.09. The van der Waals surface area contributed by atoms with E-state index in [0.29, 0.717) is 5.82 Å². The molecule has 2 aromatic rings. The van der Waals surface area contributed by atoms with Gasteiger partial charge in [0.2, 0.25) is 5.69 Å². The van der Waals surface area contributed by atoms with E-state index >= 15 is 0 Å². The first-order chi connectivity index (χ1) is 10.1. The summed E-state index contributed by atoms with van der Waals surface area (Å²) in [6, 6.07) is 12.9. The number of benzene rings is 1. The molecule has 1 atom stereocenters. The molecule has 0 bridgehead atoms. The van der Waals surface area contributed by atoms with Gasteiger partial charge in [0.1, 0.15) is 11.9 Å². The highest BCUT2D eigenvalue weighted by atomic mass is 16.6. The third-order valence-electron chi connectivity index (χ3n) is 3.62. The Labute approximate surface area is 121 Å². The van der Waals surface area contributed by atoms with Crippen molar-refractivity contribution in [1.29, 1.82) is 5.26 Å². The van der Waals surface area contributed by atoms with Crippen LogP contribution in [0.15, 0.2) is 36.4 Å². The zero-order valence-corrected chi connectivity index (χ0v) is 11.4. The van der Waals surface area contributed by atoms with Crippen LogP contribution in [0.1, 0.15) is 18.2 Å². The minimum Gasteiger partial charge on any atom is -0.323 e. The molecule has 0 radical (unpaired) electrons. The standard InChI is InChI=1S/C15H12N4O2/c1-10-8-11-4-2-3-5-13(11)18(10)15-7-6-14(19(20)21)12(9-16)17-15/h2-7,10H,8H2,1H3. The topological polar surface area (TPSA) is 83.1 Å². The van der Waals surface area contributed by atoms with Gasteiger partial charge in [-0.05, 0) is 31.0 Å². The first-order valence-corrected chi connectivity index (χ1v) is 6.54. The highest BCUT2D eigenvalue weighted by molar-refractivity contribution is 5.69. The summed E-state index contributed by atoms with van der Waals surface area (Å²) in [7, 11) is 0. The lowest BCUT2D eigenvalue weighted by Crippen LogP contribution is -2.25. The van der Waals surface area contributed by atoms with Crippen molar-refractivity contribution in [2.45, 2.75) is 19.4 Å². The Bertz CT molecular complexity index is 767. The monoisotopic (exact) mass is 280 g/mol. The molecule has 1 aromatic carbocycles. The van der Waals surface area contributed by atoms with E-state index in [2.05, 4.69) is 18.0 Å². The number of fused-ring (bicyclic) bond motifs is 1. The zero-order chi connectivity index (χ0) is 15.0. The second kappa shape index (κ2) is 4.87. The van der Waals surface area contributed by atoms with Gasteiger partial charge < -0.3 is 4.90 Å². The summed E-state index contributed by atoms with van der Waals surface area (Å²) in [4.78, 5) is 16.5. The molecule has 21 heavy (non-hydrogen) atoms. The summed E-state index contributed by atoms with van der Waals surface area (Å²) in [5.74, 6) is 0.564. The fourth-order valence-electron chi connectivity index (χ4n) is 2.72. The zero-order valence-electron chi connectivity index (χ0n) is 11.4. The van der Waals surface area contributed by atoms with Crippen molar-refractivity contribution in [3.8, 4) is 6.07 Å². The molecule has 0 amide bonds. The molecule has 0 saturated carbocycles. The SMILES string of the molecule is CC1Cc2ccccc2N1c1ccc([N+](=O)[O-])c(C#N)n1. The number of nitro groups is 1. The van der Waals surface area contributed by atoms with Crippen LogP contribution in [0.25, 0.3) is 0 Å². The van der Waals surface area contributed by atoms with Crippen LogP contribution in [-0.2, 0) is 6.42 Å². The molecule has 1 aliphatic heterocycles. The minimum atomic E-state index is -0.587. The molecule has 1 aliphatic rings. The predicted octanol–water partition coefficient (Wildman–Crippen LogP) is 2.94. The summed E-state index contributed by atoms with van der Waals surface area (Å²) < 4.78 is 0. The smallest absolute Gasteiger partial charge is 0.305 e. The number of rotatable bonds is 2. The van der Waals surface area contributed by atoms with Crippen LogP contribution < -0.4 is 4.90 Å².